The zero-order valence-electron chi connectivity index (χ0n) is 11.1. The summed E-state index contributed by atoms with van der Waals surface area (Å²) < 4.78 is 39.7. The van der Waals surface area contributed by atoms with E-state index in [1.165, 1.54) is 26.2 Å². The first-order valence-electron chi connectivity index (χ1n) is 5.58. The maximum Gasteiger partial charge on any atom is 0.278 e. The lowest BCUT2D eigenvalue weighted by Gasteiger charge is -2.26. The van der Waals surface area contributed by atoms with Gasteiger partial charge in [0.15, 0.2) is 0 Å². The molecule has 4 nitrogen and oxygen atoms in total. The molecule has 1 N–H and O–H groups in total. The maximum absolute atomic E-state index is 12.8. The highest BCUT2D eigenvalue weighted by molar-refractivity contribution is 7.87. The third kappa shape index (κ3) is 3.76. The number of hydrogen-bond acceptors (Lipinski definition) is 2. The van der Waals surface area contributed by atoms with Crippen molar-refractivity contribution in [1.29, 1.82) is 0 Å². The first kappa shape index (κ1) is 15.1. The summed E-state index contributed by atoms with van der Waals surface area (Å²) in [7, 11) is -0.507. The van der Waals surface area contributed by atoms with Crippen LogP contribution in [0.4, 0.5) is 4.39 Å². The molecule has 0 aliphatic carbocycles. The maximum atomic E-state index is 12.8. The Hall–Kier alpha value is -0.980. The molecule has 0 aliphatic heterocycles. The SMILES string of the molecule is CN(C)S(=O)(=O)NCC(C)(C)c1ccc(F)cc1. The van der Waals surface area contributed by atoms with Gasteiger partial charge in [-0.3, -0.25) is 0 Å². The second kappa shape index (κ2) is 5.34. The van der Waals surface area contributed by atoms with Crippen molar-refractivity contribution in [3.05, 3.63) is 35.6 Å². The first-order valence-corrected chi connectivity index (χ1v) is 7.02. The fourth-order valence-electron chi connectivity index (χ4n) is 1.40. The molecule has 0 aliphatic rings. The van der Waals surface area contributed by atoms with Gasteiger partial charge >= 0.3 is 0 Å². The Balaban J connectivity index is 2.80. The normalized spacial score (nSPS) is 13.0. The molecule has 0 atom stereocenters. The third-order valence-electron chi connectivity index (χ3n) is 2.80. The molecule has 18 heavy (non-hydrogen) atoms. The molecule has 1 aromatic carbocycles. The van der Waals surface area contributed by atoms with E-state index >= 15 is 0 Å². The third-order valence-corrected chi connectivity index (χ3v) is 4.27. The fraction of sp³-hybridized carbons (Fsp3) is 0.500. The van der Waals surface area contributed by atoms with Gasteiger partial charge in [0.2, 0.25) is 0 Å². The Morgan fingerprint density at radius 2 is 1.72 bits per heavy atom. The van der Waals surface area contributed by atoms with E-state index < -0.39 is 15.6 Å². The van der Waals surface area contributed by atoms with Crippen LogP contribution in [0.3, 0.4) is 0 Å². The van der Waals surface area contributed by atoms with Crippen molar-refractivity contribution in [2.45, 2.75) is 19.3 Å². The van der Waals surface area contributed by atoms with E-state index in [4.69, 9.17) is 0 Å². The molecule has 0 heterocycles. The highest BCUT2D eigenvalue weighted by Crippen LogP contribution is 2.22. The van der Waals surface area contributed by atoms with Gasteiger partial charge in [0.1, 0.15) is 5.82 Å². The second-order valence-electron chi connectivity index (χ2n) is 5.00. The first-order chi connectivity index (χ1) is 8.15. The average Bonchev–Trinajstić information content (AvgIpc) is 2.27. The molecular formula is C12H19FN2O2S. The van der Waals surface area contributed by atoms with Gasteiger partial charge in [-0.25, -0.2) is 9.11 Å². The number of benzene rings is 1. The van der Waals surface area contributed by atoms with Crippen LogP contribution in [0.25, 0.3) is 0 Å². The van der Waals surface area contributed by atoms with Gasteiger partial charge in [-0.1, -0.05) is 26.0 Å². The van der Waals surface area contributed by atoms with Crippen molar-refractivity contribution in [3.8, 4) is 0 Å². The number of nitrogens with zero attached hydrogens (tertiary/aromatic N) is 1. The van der Waals surface area contributed by atoms with Crippen LogP contribution in [0.15, 0.2) is 24.3 Å². The number of halogens is 1. The minimum Gasteiger partial charge on any atom is -0.207 e. The molecule has 0 spiro atoms. The smallest absolute Gasteiger partial charge is 0.207 e. The van der Waals surface area contributed by atoms with Crippen molar-refractivity contribution in [2.75, 3.05) is 20.6 Å². The summed E-state index contributed by atoms with van der Waals surface area (Å²) in [6.07, 6.45) is 0. The quantitative estimate of drug-likeness (QED) is 0.884. The molecule has 0 saturated heterocycles. The molecule has 0 amide bonds. The zero-order valence-corrected chi connectivity index (χ0v) is 11.9. The minimum absolute atomic E-state index is 0.249. The molecule has 102 valence electrons. The lowest BCUT2D eigenvalue weighted by molar-refractivity contribution is 0.469. The fourth-order valence-corrected chi connectivity index (χ4v) is 2.21. The monoisotopic (exact) mass is 274 g/mol. The van der Waals surface area contributed by atoms with Gasteiger partial charge < -0.3 is 0 Å². The highest BCUT2D eigenvalue weighted by atomic mass is 32.2. The van der Waals surface area contributed by atoms with Gasteiger partial charge in [0.25, 0.3) is 10.2 Å². The van der Waals surface area contributed by atoms with Gasteiger partial charge in [-0.2, -0.15) is 12.7 Å². The van der Waals surface area contributed by atoms with Gasteiger partial charge in [-0.15, -0.1) is 0 Å². The largest absolute Gasteiger partial charge is 0.278 e. The van der Waals surface area contributed by atoms with Crippen LogP contribution in [0.5, 0.6) is 0 Å². The summed E-state index contributed by atoms with van der Waals surface area (Å²) >= 11 is 0. The van der Waals surface area contributed by atoms with Crippen LogP contribution >= 0.6 is 0 Å². The molecule has 0 saturated carbocycles. The Morgan fingerprint density at radius 1 is 1.22 bits per heavy atom. The van der Waals surface area contributed by atoms with Crippen molar-refractivity contribution in [3.63, 3.8) is 0 Å². The van der Waals surface area contributed by atoms with Crippen LogP contribution in [0, 0.1) is 5.82 Å². The van der Waals surface area contributed by atoms with Gasteiger partial charge in [0, 0.05) is 26.1 Å². The summed E-state index contributed by atoms with van der Waals surface area (Å²) in [6.45, 7) is 4.05. The topological polar surface area (TPSA) is 49.4 Å². The zero-order chi connectivity index (χ0) is 14.0. The van der Waals surface area contributed by atoms with E-state index in [0.717, 1.165) is 9.87 Å². The number of rotatable bonds is 5. The summed E-state index contributed by atoms with van der Waals surface area (Å²) in [5.41, 5.74) is 0.474. The molecule has 1 rings (SSSR count). The van der Waals surface area contributed by atoms with Crippen LogP contribution in [-0.2, 0) is 15.6 Å². The van der Waals surface area contributed by atoms with E-state index in [2.05, 4.69) is 4.72 Å². The number of nitrogens with one attached hydrogen (secondary N) is 1. The molecule has 0 aromatic heterocycles. The standard InChI is InChI=1S/C12H19FN2O2S/c1-12(2,9-14-18(16,17)15(3)4)10-5-7-11(13)8-6-10/h5-8,14H,9H2,1-4H3. The van der Waals surface area contributed by atoms with Crippen LogP contribution in [-0.4, -0.2) is 33.4 Å². The molecule has 0 unspecified atom stereocenters. The van der Waals surface area contributed by atoms with E-state index in [1.54, 1.807) is 12.1 Å². The molecule has 6 heteroatoms. The van der Waals surface area contributed by atoms with E-state index in [-0.39, 0.29) is 12.4 Å². The van der Waals surface area contributed by atoms with E-state index in [9.17, 15) is 12.8 Å². The van der Waals surface area contributed by atoms with E-state index in [0.29, 0.717) is 0 Å². The van der Waals surface area contributed by atoms with Crippen LogP contribution < -0.4 is 4.72 Å². The summed E-state index contributed by atoms with van der Waals surface area (Å²) in [5, 5.41) is 0. The lowest BCUT2D eigenvalue weighted by atomic mass is 9.85. The molecular weight excluding hydrogens is 255 g/mol. The van der Waals surface area contributed by atoms with E-state index in [1.807, 2.05) is 13.8 Å². The Labute approximate surface area is 108 Å². The Morgan fingerprint density at radius 3 is 2.17 bits per heavy atom. The average molecular weight is 274 g/mol. The molecule has 1 aromatic rings. The van der Waals surface area contributed by atoms with Crippen molar-refractivity contribution >= 4 is 10.2 Å². The van der Waals surface area contributed by atoms with Gasteiger partial charge in [0.05, 0.1) is 0 Å². The number of hydrogen-bond donors (Lipinski definition) is 1. The molecule has 0 radical (unpaired) electrons. The highest BCUT2D eigenvalue weighted by Gasteiger charge is 2.24. The lowest BCUT2D eigenvalue weighted by Crippen LogP contribution is -2.42. The Kier molecular flexibility index (Phi) is 4.47. The van der Waals surface area contributed by atoms with Crippen LogP contribution in [0.2, 0.25) is 0 Å². The summed E-state index contributed by atoms with van der Waals surface area (Å²) in [6, 6.07) is 6.08. The van der Waals surface area contributed by atoms with Crippen molar-refractivity contribution in [1.82, 2.24) is 9.03 Å². The van der Waals surface area contributed by atoms with Gasteiger partial charge in [-0.05, 0) is 17.7 Å². The van der Waals surface area contributed by atoms with Crippen molar-refractivity contribution < 1.29 is 12.8 Å². The summed E-state index contributed by atoms with van der Waals surface area (Å²) in [4.78, 5) is 0. The molecule has 0 bridgehead atoms. The predicted octanol–water partition coefficient (Wildman–Crippen LogP) is 1.50. The van der Waals surface area contributed by atoms with Crippen LogP contribution in [0.1, 0.15) is 19.4 Å². The minimum atomic E-state index is -3.44. The predicted molar refractivity (Wildman–Crippen MR) is 70.0 cm³/mol. The molecule has 0 fully saturated rings. The van der Waals surface area contributed by atoms with Crippen molar-refractivity contribution in [2.24, 2.45) is 0 Å². The second-order valence-corrected chi connectivity index (χ2v) is 6.97. The summed E-state index contributed by atoms with van der Waals surface area (Å²) in [5.74, 6) is -0.302. The Bertz CT molecular complexity index is 495.